The van der Waals surface area contributed by atoms with Gasteiger partial charge in [-0.25, -0.2) is 4.98 Å². The number of benzene rings is 1. The highest BCUT2D eigenvalue weighted by molar-refractivity contribution is 7.99. The molecule has 2 aromatic rings. The molecule has 1 aromatic carbocycles. The third-order valence-electron chi connectivity index (χ3n) is 4.90. The summed E-state index contributed by atoms with van der Waals surface area (Å²) in [6, 6.07) is 7.86. The van der Waals surface area contributed by atoms with E-state index in [0.29, 0.717) is 17.4 Å². The van der Waals surface area contributed by atoms with Crippen LogP contribution in [0, 0.1) is 0 Å². The van der Waals surface area contributed by atoms with Gasteiger partial charge in [0.25, 0.3) is 11.5 Å². The fraction of sp³-hybridized carbons (Fsp3) is 0.421. The Morgan fingerprint density at radius 1 is 1.04 bits per heavy atom. The standard InChI is InChI=1S/C19H22N4O2S/c24-17(16-13-20-19-23(18(16)25)11-12-26-19)21-14-5-7-15(8-6-14)22-9-3-1-2-4-10-22/h5-8,13H,1-4,9-12H2,(H,21,24). The SMILES string of the molecule is O=C(Nc1ccc(N2CCCCCC2)cc1)c1cnc2n(c1=O)CCS2. The third-order valence-corrected chi connectivity index (χ3v) is 5.87. The lowest BCUT2D eigenvalue weighted by atomic mass is 10.2. The van der Waals surface area contributed by atoms with Gasteiger partial charge in [-0.05, 0) is 37.1 Å². The first kappa shape index (κ1) is 17.1. The molecule has 2 aliphatic heterocycles. The molecule has 6 nitrogen and oxygen atoms in total. The Balaban J connectivity index is 1.47. The second-order valence-corrected chi connectivity index (χ2v) is 7.72. The van der Waals surface area contributed by atoms with Crippen molar-refractivity contribution >= 4 is 29.0 Å². The number of fused-ring (bicyclic) bond motifs is 1. The second-order valence-electron chi connectivity index (χ2n) is 6.66. The van der Waals surface area contributed by atoms with Crippen LogP contribution >= 0.6 is 11.8 Å². The third kappa shape index (κ3) is 3.49. The molecular formula is C19H22N4O2S. The summed E-state index contributed by atoms with van der Waals surface area (Å²) in [7, 11) is 0. The van der Waals surface area contributed by atoms with Crippen LogP contribution in [0.5, 0.6) is 0 Å². The summed E-state index contributed by atoms with van der Waals surface area (Å²) in [5.41, 5.74) is 1.69. The second kappa shape index (κ2) is 7.53. The fourth-order valence-electron chi connectivity index (χ4n) is 3.46. The molecule has 1 saturated heterocycles. The van der Waals surface area contributed by atoms with Crippen molar-refractivity contribution in [3.05, 3.63) is 46.4 Å². The summed E-state index contributed by atoms with van der Waals surface area (Å²) in [6.07, 6.45) is 6.44. The molecular weight excluding hydrogens is 348 g/mol. The summed E-state index contributed by atoms with van der Waals surface area (Å²) >= 11 is 1.54. The van der Waals surface area contributed by atoms with Crippen molar-refractivity contribution in [2.75, 3.05) is 29.1 Å². The minimum Gasteiger partial charge on any atom is -0.372 e. The number of nitrogens with one attached hydrogen (secondary N) is 1. The van der Waals surface area contributed by atoms with Crippen LogP contribution in [0.1, 0.15) is 36.0 Å². The topological polar surface area (TPSA) is 67.2 Å². The number of anilines is 2. The number of thioether (sulfide) groups is 1. The van der Waals surface area contributed by atoms with Crippen molar-refractivity contribution in [3.8, 4) is 0 Å². The number of rotatable bonds is 3. The highest BCUT2D eigenvalue weighted by Gasteiger charge is 2.20. The average molecular weight is 370 g/mol. The van der Waals surface area contributed by atoms with Gasteiger partial charge in [-0.3, -0.25) is 14.2 Å². The lowest BCUT2D eigenvalue weighted by Crippen LogP contribution is -2.29. The van der Waals surface area contributed by atoms with Crippen LogP contribution in [0.15, 0.2) is 40.4 Å². The molecule has 0 unspecified atom stereocenters. The normalized spacial score (nSPS) is 16.8. The van der Waals surface area contributed by atoms with Crippen LogP contribution in [0.3, 0.4) is 0 Å². The maximum Gasteiger partial charge on any atom is 0.267 e. The number of carbonyl (C=O) groups is 1. The Labute approximate surface area is 156 Å². The van der Waals surface area contributed by atoms with Crippen LogP contribution < -0.4 is 15.8 Å². The monoisotopic (exact) mass is 370 g/mol. The molecule has 0 aliphatic carbocycles. The lowest BCUT2D eigenvalue weighted by Gasteiger charge is -2.22. The van der Waals surface area contributed by atoms with Gasteiger partial charge in [-0.1, -0.05) is 24.6 Å². The number of nitrogens with zero attached hydrogens (tertiary/aromatic N) is 3. The summed E-state index contributed by atoms with van der Waals surface area (Å²) in [5, 5.41) is 3.50. The van der Waals surface area contributed by atoms with E-state index in [1.165, 1.54) is 49.3 Å². The molecule has 136 valence electrons. The van der Waals surface area contributed by atoms with E-state index in [1.54, 1.807) is 4.57 Å². The molecule has 1 amide bonds. The van der Waals surface area contributed by atoms with E-state index in [0.717, 1.165) is 18.8 Å². The summed E-state index contributed by atoms with van der Waals surface area (Å²) in [5.74, 6) is 0.419. The Morgan fingerprint density at radius 2 is 1.77 bits per heavy atom. The molecule has 3 heterocycles. The zero-order valence-electron chi connectivity index (χ0n) is 14.6. The van der Waals surface area contributed by atoms with Gasteiger partial charge in [-0.15, -0.1) is 0 Å². The Kier molecular flexibility index (Phi) is 4.97. The molecule has 0 spiro atoms. The number of amides is 1. The summed E-state index contributed by atoms with van der Waals surface area (Å²) < 4.78 is 1.57. The first-order chi connectivity index (χ1) is 12.7. The van der Waals surface area contributed by atoms with Crippen LogP contribution in [-0.4, -0.2) is 34.3 Å². The van der Waals surface area contributed by atoms with E-state index < -0.39 is 5.91 Å². The van der Waals surface area contributed by atoms with Gasteiger partial charge in [0, 0.05) is 43.0 Å². The van der Waals surface area contributed by atoms with Gasteiger partial charge in [0.1, 0.15) is 5.56 Å². The molecule has 1 N–H and O–H groups in total. The summed E-state index contributed by atoms with van der Waals surface area (Å²) in [4.78, 5) is 31.5. The Hall–Kier alpha value is -2.28. The van der Waals surface area contributed by atoms with E-state index in [4.69, 9.17) is 0 Å². The van der Waals surface area contributed by atoms with Crippen molar-refractivity contribution in [1.29, 1.82) is 0 Å². The number of aromatic nitrogens is 2. The smallest absolute Gasteiger partial charge is 0.267 e. The van der Waals surface area contributed by atoms with E-state index in [1.807, 2.05) is 24.3 Å². The van der Waals surface area contributed by atoms with Gasteiger partial charge in [-0.2, -0.15) is 0 Å². The van der Waals surface area contributed by atoms with Gasteiger partial charge in [0.05, 0.1) is 0 Å². The maximum absolute atomic E-state index is 12.5. The Bertz CT molecular complexity index is 855. The van der Waals surface area contributed by atoms with Crippen LogP contribution in [0.25, 0.3) is 0 Å². The van der Waals surface area contributed by atoms with Gasteiger partial charge >= 0.3 is 0 Å². The molecule has 0 radical (unpaired) electrons. The molecule has 0 saturated carbocycles. The molecule has 0 bridgehead atoms. The number of hydrogen-bond donors (Lipinski definition) is 1. The van der Waals surface area contributed by atoms with Crippen LogP contribution in [-0.2, 0) is 6.54 Å². The molecule has 1 fully saturated rings. The zero-order valence-corrected chi connectivity index (χ0v) is 15.4. The van der Waals surface area contributed by atoms with Gasteiger partial charge in [0.2, 0.25) is 0 Å². The molecule has 4 rings (SSSR count). The molecule has 26 heavy (non-hydrogen) atoms. The van der Waals surface area contributed by atoms with Crippen LogP contribution in [0.4, 0.5) is 11.4 Å². The first-order valence-corrected chi connectivity index (χ1v) is 10.1. The van der Waals surface area contributed by atoms with Gasteiger partial charge in [0.15, 0.2) is 5.16 Å². The average Bonchev–Trinajstić information content (AvgIpc) is 2.97. The predicted molar refractivity (Wildman–Crippen MR) is 104 cm³/mol. The van der Waals surface area contributed by atoms with Gasteiger partial charge < -0.3 is 10.2 Å². The minimum absolute atomic E-state index is 0.0906. The number of hydrogen-bond acceptors (Lipinski definition) is 5. The lowest BCUT2D eigenvalue weighted by molar-refractivity contribution is 0.102. The largest absolute Gasteiger partial charge is 0.372 e. The quantitative estimate of drug-likeness (QED) is 0.842. The predicted octanol–water partition coefficient (Wildman–Crippen LogP) is 2.98. The van der Waals surface area contributed by atoms with Crippen molar-refractivity contribution in [2.24, 2.45) is 0 Å². The van der Waals surface area contributed by atoms with E-state index >= 15 is 0 Å². The van der Waals surface area contributed by atoms with E-state index in [9.17, 15) is 9.59 Å². The van der Waals surface area contributed by atoms with Crippen molar-refractivity contribution < 1.29 is 4.79 Å². The highest BCUT2D eigenvalue weighted by atomic mass is 32.2. The molecule has 7 heteroatoms. The Morgan fingerprint density at radius 3 is 2.50 bits per heavy atom. The maximum atomic E-state index is 12.5. The zero-order chi connectivity index (χ0) is 17.9. The fourth-order valence-corrected chi connectivity index (χ4v) is 4.37. The highest BCUT2D eigenvalue weighted by Crippen LogP contribution is 2.23. The molecule has 1 aromatic heterocycles. The first-order valence-electron chi connectivity index (χ1n) is 9.11. The van der Waals surface area contributed by atoms with Crippen molar-refractivity contribution in [3.63, 3.8) is 0 Å². The van der Waals surface area contributed by atoms with E-state index in [2.05, 4.69) is 15.2 Å². The van der Waals surface area contributed by atoms with E-state index in [-0.39, 0.29) is 11.1 Å². The minimum atomic E-state index is -0.405. The number of carbonyl (C=O) groups excluding carboxylic acids is 1. The molecule has 0 atom stereocenters. The molecule has 2 aliphatic rings. The van der Waals surface area contributed by atoms with Crippen LogP contribution in [0.2, 0.25) is 0 Å². The van der Waals surface area contributed by atoms with Crippen molar-refractivity contribution in [1.82, 2.24) is 9.55 Å². The van der Waals surface area contributed by atoms with Crippen molar-refractivity contribution in [2.45, 2.75) is 37.4 Å². The summed E-state index contributed by atoms with van der Waals surface area (Å²) in [6.45, 7) is 2.78.